The van der Waals surface area contributed by atoms with Crippen molar-refractivity contribution >= 4 is 29.1 Å². The summed E-state index contributed by atoms with van der Waals surface area (Å²) in [6, 6.07) is 5.44. The lowest BCUT2D eigenvalue weighted by Gasteiger charge is -2.20. The fourth-order valence-electron chi connectivity index (χ4n) is 2.20. The van der Waals surface area contributed by atoms with E-state index in [0.29, 0.717) is 17.9 Å². The second-order valence-electron chi connectivity index (χ2n) is 6.65. The van der Waals surface area contributed by atoms with Crippen molar-refractivity contribution in [2.24, 2.45) is 0 Å². The van der Waals surface area contributed by atoms with Crippen molar-refractivity contribution in [3.63, 3.8) is 0 Å². The van der Waals surface area contributed by atoms with Crippen LogP contribution in [0.1, 0.15) is 42.3 Å². The molecule has 6 nitrogen and oxygen atoms in total. The van der Waals surface area contributed by atoms with Gasteiger partial charge in [-0.05, 0) is 57.0 Å². The van der Waals surface area contributed by atoms with Crippen LogP contribution in [0.4, 0.5) is 11.5 Å². The highest BCUT2D eigenvalue weighted by atomic mass is 35.5. The van der Waals surface area contributed by atoms with Gasteiger partial charge in [0, 0.05) is 31.0 Å². The Labute approximate surface area is 153 Å². The highest BCUT2D eigenvalue weighted by molar-refractivity contribution is 6.28. The maximum Gasteiger partial charge on any atom is 0.338 e. The Balaban J connectivity index is 2.17. The monoisotopic (exact) mass is 362 g/mol. The van der Waals surface area contributed by atoms with E-state index in [1.165, 1.54) is 0 Å². The first kappa shape index (κ1) is 19.0. The van der Waals surface area contributed by atoms with Crippen LogP contribution in [0.25, 0.3) is 0 Å². The van der Waals surface area contributed by atoms with Crippen molar-refractivity contribution in [2.75, 3.05) is 17.7 Å². The van der Waals surface area contributed by atoms with Crippen molar-refractivity contribution in [3.8, 4) is 0 Å². The molecule has 2 aromatic rings. The lowest BCUT2D eigenvalue weighted by atomic mass is 10.1. The first-order valence-electron chi connectivity index (χ1n) is 7.96. The standard InChI is InChI=1S/C18H23ClN4O2/c1-11-6-7-12(16(24)25-18(2,3)4)8-14(11)21-9-13-10-22-17(19)23-15(13)20-5/h6-8,10,21H,9H2,1-5H3,(H,20,22,23). The maximum absolute atomic E-state index is 12.2. The number of halogens is 1. The van der Waals surface area contributed by atoms with Crippen LogP contribution in [0.2, 0.25) is 5.28 Å². The topological polar surface area (TPSA) is 76.1 Å². The highest BCUT2D eigenvalue weighted by Gasteiger charge is 2.18. The number of nitrogens with one attached hydrogen (secondary N) is 2. The van der Waals surface area contributed by atoms with E-state index >= 15 is 0 Å². The van der Waals surface area contributed by atoms with Gasteiger partial charge in [0.2, 0.25) is 5.28 Å². The molecule has 1 aromatic carbocycles. The number of anilines is 2. The smallest absolute Gasteiger partial charge is 0.338 e. The number of hydrogen-bond donors (Lipinski definition) is 2. The zero-order chi connectivity index (χ0) is 18.6. The van der Waals surface area contributed by atoms with Gasteiger partial charge in [0.1, 0.15) is 11.4 Å². The van der Waals surface area contributed by atoms with Gasteiger partial charge in [-0.15, -0.1) is 0 Å². The minimum absolute atomic E-state index is 0.191. The second-order valence-corrected chi connectivity index (χ2v) is 6.99. The molecule has 0 atom stereocenters. The summed E-state index contributed by atoms with van der Waals surface area (Å²) < 4.78 is 5.42. The van der Waals surface area contributed by atoms with Crippen molar-refractivity contribution in [1.29, 1.82) is 0 Å². The summed E-state index contributed by atoms with van der Waals surface area (Å²) in [5, 5.41) is 6.49. The number of aromatic nitrogens is 2. The van der Waals surface area contributed by atoms with Crippen molar-refractivity contribution in [2.45, 2.75) is 39.8 Å². The Morgan fingerprint density at radius 2 is 2.04 bits per heavy atom. The van der Waals surface area contributed by atoms with Gasteiger partial charge in [0.15, 0.2) is 0 Å². The molecular formula is C18H23ClN4O2. The average molecular weight is 363 g/mol. The predicted octanol–water partition coefficient (Wildman–Crippen LogP) is 4.05. The lowest BCUT2D eigenvalue weighted by molar-refractivity contribution is 0.00696. The first-order valence-corrected chi connectivity index (χ1v) is 8.34. The molecule has 1 aromatic heterocycles. The van der Waals surface area contributed by atoms with E-state index in [2.05, 4.69) is 20.6 Å². The predicted molar refractivity (Wildman–Crippen MR) is 100 cm³/mol. The van der Waals surface area contributed by atoms with Gasteiger partial charge in [-0.2, -0.15) is 0 Å². The van der Waals surface area contributed by atoms with Gasteiger partial charge in [-0.25, -0.2) is 14.8 Å². The van der Waals surface area contributed by atoms with Crippen LogP contribution in [0.3, 0.4) is 0 Å². The number of benzene rings is 1. The minimum atomic E-state index is -0.530. The molecule has 0 spiro atoms. The highest BCUT2D eigenvalue weighted by Crippen LogP contribution is 2.21. The van der Waals surface area contributed by atoms with E-state index in [9.17, 15) is 4.79 Å². The van der Waals surface area contributed by atoms with E-state index < -0.39 is 5.60 Å². The first-order chi connectivity index (χ1) is 11.7. The number of ether oxygens (including phenoxy) is 1. The number of carbonyl (C=O) groups excluding carboxylic acids is 1. The SMILES string of the molecule is CNc1nc(Cl)ncc1CNc1cc(C(=O)OC(C)(C)C)ccc1C. The number of aryl methyl sites for hydroxylation is 1. The average Bonchev–Trinajstić information content (AvgIpc) is 2.53. The van der Waals surface area contributed by atoms with Crippen LogP contribution >= 0.6 is 11.6 Å². The zero-order valence-electron chi connectivity index (χ0n) is 15.1. The van der Waals surface area contributed by atoms with E-state index in [1.54, 1.807) is 25.4 Å². The second kappa shape index (κ2) is 7.70. The Morgan fingerprint density at radius 3 is 2.68 bits per heavy atom. The number of rotatable bonds is 5. The van der Waals surface area contributed by atoms with Gasteiger partial charge in [-0.3, -0.25) is 0 Å². The Hall–Kier alpha value is -2.34. The van der Waals surface area contributed by atoms with Crippen molar-refractivity contribution in [1.82, 2.24) is 9.97 Å². The minimum Gasteiger partial charge on any atom is -0.456 e. The number of nitrogens with zero attached hydrogens (tertiary/aromatic N) is 2. The molecule has 0 aliphatic heterocycles. The molecule has 0 saturated carbocycles. The Bertz CT molecular complexity index is 772. The molecule has 0 saturated heterocycles. The Kier molecular flexibility index (Phi) is 5.85. The molecular weight excluding hydrogens is 340 g/mol. The van der Waals surface area contributed by atoms with Crippen LogP contribution in [-0.4, -0.2) is 28.6 Å². The summed E-state index contributed by atoms with van der Waals surface area (Å²) in [6.45, 7) is 8.00. The van der Waals surface area contributed by atoms with Crippen molar-refractivity contribution < 1.29 is 9.53 Å². The van der Waals surface area contributed by atoms with Crippen LogP contribution in [0.5, 0.6) is 0 Å². The molecule has 0 aliphatic carbocycles. The molecule has 2 rings (SSSR count). The fraction of sp³-hybridized carbons (Fsp3) is 0.389. The normalized spacial score (nSPS) is 11.1. The fourth-order valence-corrected chi connectivity index (χ4v) is 2.33. The number of hydrogen-bond acceptors (Lipinski definition) is 6. The van der Waals surface area contributed by atoms with Gasteiger partial charge in [0.25, 0.3) is 0 Å². The molecule has 7 heteroatoms. The summed E-state index contributed by atoms with van der Waals surface area (Å²) in [4.78, 5) is 20.4. The van der Waals surface area contributed by atoms with Gasteiger partial charge < -0.3 is 15.4 Å². The van der Waals surface area contributed by atoms with E-state index in [4.69, 9.17) is 16.3 Å². The van der Waals surface area contributed by atoms with E-state index in [-0.39, 0.29) is 11.3 Å². The molecule has 0 fully saturated rings. The molecule has 134 valence electrons. The number of carbonyl (C=O) groups is 1. The third kappa shape index (κ3) is 5.32. The summed E-state index contributed by atoms with van der Waals surface area (Å²) in [5.74, 6) is 0.315. The van der Waals surface area contributed by atoms with E-state index in [1.807, 2.05) is 33.8 Å². The van der Waals surface area contributed by atoms with Gasteiger partial charge in [0.05, 0.1) is 5.56 Å². The third-order valence-corrected chi connectivity index (χ3v) is 3.60. The lowest BCUT2D eigenvalue weighted by Crippen LogP contribution is -2.24. The molecule has 0 bridgehead atoms. The van der Waals surface area contributed by atoms with Crippen LogP contribution < -0.4 is 10.6 Å². The third-order valence-electron chi connectivity index (χ3n) is 3.41. The Morgan fingerprint density at radius 1 is 1.32 bits per heavy atom. The van der Waals surface area contributed by atoms with E-state index in [0.717, 1.165) is 16.8 Å². The molecule has 0 radical (unpaired) electrons. The summed E-state index contributed by atoms with van der Waals surface area (Å²) in [7, 11) is 1.77. The molecule has 25 heavy (non-hydrogen) atoms. The maximum atomic E-state index is 12.2. The largest absolute Gasteiger partial charge is 0.456 e. The van der Waals surface area contributed by atoms with Crippen LogP contribution in [-0.2, 0) is 11.3 Å². The molecule has 0 unspecified atom stereocenters. The summed E-state index contributed by atoms with van der Waals surface area (Å²) >= 11 is 5.81. The van der Waals surface area contributed by atoms with Crippen LogP contribution in [0.15, 0.2) is 24.4 Å². The summed E-state index contributed by atoms with van der Waals surface area (Å²) in [5.41, 5.74) is 2.71. The van der Waals surface area contributed by atoms with Gasteiger partial charge in [-0.1, -0.05) is 6.07 Å². The number of esters is 1. The molecule has 0 aliphatic rings. The molecule has 0 amide bonds. The molecule has 1 heterocycles. The molecule has 2 N–H and O–H groups in total. The van der Waals surface area contributed by atoms with Crippen LogP contribution in [0, 0.1) is 6.92 Å². The summed E-state index contributed by atoms with van der Waals surface area (Å²) in [6.07, 6.45) is 1.67. The van der Waals surface area contributed by atoms with Gasteiger partial charge >= 0.3 is 5.97 Å². The zero-order valence-corrected chi connectivity index (χ0v) is 15.9. The van der Waals surface area contributed by atoms with Crippen molar-refractivity contribution in [3.05, 3.63) is 46.4 Å². The quantitative estimate of drug-likeness (QED) is 0.617.